The Morgan fingerprint density at radius 3 is 2.61 bits per heavy atom. The van der Waals surface area contributed by atoms with Crippen molar-refractivity contribution in [2.75, 3.05) is 5.75 Å². The predicted octanol–water partition coefficient (Wildman–Crippen LogP) is 2.40. The Bertz CT molecular complexity index is 683. The molecule has 7 heteroatoms. The van der Waals surface area contributed by atoms with Gasteiger partial charge in [-0.3, -0.25) is 4.79 Å². The number of rotatable bonds is 6. The maximum atomic E-state index is 12.2. The molecule has 0 atom stereocenters. The number of carbonyl (C=O) groups is 1. The summed E-state index contributed by atoms with van der Waals surface area (Å²) >= 11 is 0. The molecule has 2 aliphatic rings. The van der Waals surface area contributed by atoms with E-state index in [1.54, 1.807) is 6.07 Å². The van der Waals surface area contributed by atoms with E-state index in [9.17, 15) is 13.2 Å². The highest BCUT2D eigenvalue weighted by Gasteiger charge is 2.30. The second-order valence-electron chi connectivity index (χ2n) is 6.58. The van der Waals surface area contributed by atoms with Crippen molar-refractivity contribution >= 4 is 15.7 Å². The highest BCUT2D eigenvalue weighted by Crippen LogP contribution is 2.40. The van der Waals surface area contributed by atoms with Crippen LogP contribution in [0.25, 0.3) is 0 Å². The summed E-state index contributed by atoms with van der Waals surface area (Å²) < 4.78 is 28.3. The molecule has 2 saturated carbocycles. The number of hydrogen-bond donors (Lipinski definition) is 1. The molecule has 1 aromatic rings. The Balaban J connectivity index is 1.48. The third kappa shape index (κ3) is 4.22. The van der Waals surface area contributed by atoms with Gasteiger partial charge in [-0.25, -0.2) is 8.42 Å². The summed E-state index contributed by atoms with van der Waals surface area (Å²) in [4.78, 5) is 12.2. The van der Waals surface area contributed by atoms with Crippen LogP contribution in [-0.4, -0.2) is 31.3 Å². The maximum Gasteiger partial charge on any atom is 0.273 e. The van der Waals surface area contributed by atoms with Crippen molar-refractivity contribution in [1.29, 1.82) is 0 Å². The summed E-state index contributed by atoms with van der Waals surface area (Å²) in [5.41, 5.74) is 0.336. The van der Waals surface area contributed by atoms with E-state index in [0.717, 1.165) is 49.7 Å². The fourth-order valence-electron chi connectivity index (χ4n) is 3.09. The number of hydrogen-bond acceptors (Lipinski definition) is 5. The third-order valence-electron chi connectivity index (χ3n) is 4.64. The van der Waals surface area contributed by atoms with Crippen molar-refractivity contribution in [2.24, 2.45) is 5.92 Å². The van der Waals surface area contributed by atoms with E-state index in [1.807, 2.05) is 0 Å². The van der Waals surface area contributed by atoms with E-state index < -0.39 is 9.84 Å². The van der Waals surface area contributed by atoms with Gasteiger partial charge in [0.2, 0.25) is 0 Å². The Morgan fingerprint density at radius 2 is 2.00 bits per heavy atom. The molecule has 126 valence electrons. The monoisotopic (exact) mass is 338 g/mol. The SMILES string of the molecule is C=CS(=O)(=O)CC1CCC(NC(=O)c2cc(C3CC3)on2)CC1. The van der Waals surface area contributed by atoms with Crippen LogP contribution < -0.4 is 5.32 Å². The zero-order valence-corrected chi connectivity index (χ0v) is 13.8. The molecule has 0 bridgehead atoms. The predicted molar refractivity (Wildman–Crippen MR) is 85.7 cm³/mol. The lowest BCUT2D eigenvalue weighted by Gasteiger charge is -2.28. The number of carbonyl (C=O) groups excluding carboxylic acids is 1. The summed E-state index contributed by atoms with van der Waals surface area (Å²) in [5.74, 6) is 1.34. The highest BCUT2D eigenvalue weighted by atomic mass is 32.2. The van der Waals surface area contributed by atoms with Gasteiger partial charge in [0.15, 0.2) is 15.5 Å². The second-order valence-corrected chi connectivity index (χ2v) is 8.57. The van der Waals surface area contributed by atoms with Crippen LogP contribution in [0.5, 0.6) is 0 Å². The van der Waals surface area contributed by atoms with Crippen LogP contribution in [0.4, 0.5) is 0 Å². The van der Waals surface area contributed by atoms with Crippen LogP contribution in [0, 0.1) is 5.92 Å². The summed E-state index contributed by atoms with van der Waals surface area (Å²) in [5, 5.41) is 7.84. The van der Waals surface area contributed by atoms with Crippen LogP contribution in [0.2, 0.25) is 0 Å². The van der Waals surface area contributed by atoms with E-state index in [2.05, 4.69) is 17.1 Å². The number of sulfone groups is 1. The van der Waals surface area contributed by atoms with Crippen molar-refractivity contribution in [3.05, 3.63) is 29.5 Å². The first-order chi connectivity index (χ1) is 11.0. The molecule has 1 N–H and O–H groups in total. The third-order valence-corrected chi connectivity index (χ3v) is 6.09. The minimum atomic E-state index is -3.15. The molecule has 2 fully saturated rings. The van der Waals surface area contributed by atoms with Crippen molar-refractivity contribution < 1.29 is 17.7 Å². The van der Waals surface area contributed by atoms with E-state index in [1.165, 1.54) is 0 Å². The largest absolute Gasteiger partial charge is 0.360 e. The fourth-order valence-corrected chi connectivity index (χ4v) is 4.21. The maximum absolute atomic E-state index is 12.2. The van der Waals surface area contributed by atoms with Gasteiger partial charge in [0.25, 0.3) is 5.91 Å². The average molecular weight is 338 g/mol. The van der Waals surface area contributed by atoms with Crippen molar-refractivity contribution in [1.82, 2.24) is 10.5 Å². The van der Waals surface area contributed by atoms with Gasteiger partial charge < -0.3 is 9.84 Å². The van der Waals surface area contributed by atoms with Gasteiger partial charge in [0.1, 0.15) is 5.76 Å². The van der Waals surface area contributed by atoms with E-state index in [-0.39, 0.29) is 23.6 Å². The molecular formula is C16H22N2O4S. The number of aromatic nitrogens is 1. The van der Waals surface area contributed by atoms with Gasteiger partial charge in [-0.2, -0.15) is 0 Å². The first kappa shape index (κ1) is 16.2. The Hall–Kier alpha value is -1.63. The molecule has 1 amide bonds. The smallest absolute Gasteiger partial charge is 0.273 e. The average Bonchev–Trinajstić information content (AvgIpc) is 3.26. The van der Waals surface area contributed by atoms with Gasteiger partial charge in [-0.1, -0.05) is 11.7 Å². The lowest BCUT2D eigenvalue weighted by atomic mass is 9.87. The van der Waals surface area contributed by atoms with Gasteiger partial charge in [-0.05, 0) is 44.4 Å². The fraction of sp³-hybridized carbons (Fsp3) is 0.625. The van der Waals surface area contributed by atoms with E-state index >= 15 is 0 Å². The van der Waals surface area contributed by atoms with Crippen LogP contribution >= 0.6 is 0 Å². The molecule has 0 radical (unpaired) electrons. The Morgan fingerprint density at radius 1 is 1.30 bits per heavy atom. The molecule has 6 nitrogen and oxygen atoms in total. The minimum absolute atomic E-state index is 0.0752. The first-order valence-corrected chi connectivity index (χ1v) is 9.81. The second kappa shape index (κ2) is 6.47. The lowest BCUT2D eigenvalue weighted by molar-refractivity contribution is 0.0914. The van der Waals surface area contributed by atoms with Crippen LogP contribution in [0.1, 0.15) is 60.7 Å². The quantitative estimate of drug-likeness (QED) is 0.860. The van der Waals surface area contributed by atoms with Crippen LogP contribution in [-0.2, 0) is 9.84 Å². The zero-order valence-electron chi connectivity index (χ0n) is 13.0. The molecule has 3 rings (SSSR count). The van der Waals surface area contributed by atoms with E-state index in [4.69, 9.17) is 4.52 Å². The first-order valence-electron chi connectivity index (χ1n) is 8.09. The van der Waals surface area contributed by atoms with Crippen molar-refractivity contribution in [3.8, 4) is 0 Å². The normalized spacial score (nSPS) is 25.0. The number of nitrogens with zero attached hydrogens (tertiary/aromatic N) is 1. The molecule has 23 heavy (non-hydrogen) atoms. The number of amides is 1. The molecular weight excluding hydrogens is 316 g/mol. The molecule has 0 saturated heterocycles. The summed E-state index contributed by atoms with van der Waals surface area (Å²) in [6.07, 6.45) is 5.38. The molecule has 2 aliphatic carbocycles. The van der Waals surface area contributed by atoms with Crippen molar-refractivity contribution in [2.45, 2.75) is 50.5 Å². The lowest BCUT2D eigenvalue weighted by Crippen LogP contribution is -2.38. The summed E-state index contributed by atoms with van der Waals surface area (Å²) in [6.45, 7) is 3.34. The van der Waals surface area contributed by atoms with Crippen LogP contribution in [0.3, 0.4) is 0 Å². The van der Waals surface area contributed by atoms with Gasteiger partial charge >= 0.3 is 0 Å². The topological polar surface area (TPSA) is 89.3 Å². The van der Waals surface area contributed by atoms with Crippen LogP contribution in [0.15, 0.2) is 22.6 Å². The summed E-state index contributed by atoms with van der Waals surface area (Å²) in [7, 11) is -3.15. The van der Waals surface area contributed by atoms with Crippen molar-refractivity contribution in [3.63, 3.8) is 0 Å². The molecule has 0 aliphatic heterocycles. The molecule has 1 aromatic heterocycles. The van der Waals surface area contributed by atoms with E-state index in [0.29, 0.717) is 11.6 Å². The Labute approximate surface area is 136 Å². The number of nitrogens with one attached hydrogen (secondary N) is 1. The van der Waals surface area contributed by atoms with Gasteiger partial charge in [0.05, 0.1) is 5.75 Å². The van der Waals surface area contributed by atoms with Gasteiger partial charge in [-0.15, -0.1) is 0 Å². The Kier molecular flexibility index (Phi) is 4.57. The zero-order chi connectivity index (χ0) is 16.4. The van der Waals surface area contributed by atoms with Gasteiger partial charge in [0, 0.05) is 23.4 Å². The highest BCUT2D eigenvalue weighted by molar-refractivity contribution is 7.94. The molecule has 0 aromatic carbocycles. The molecule has 1 heterocycles. The molecule has 0 unspecified atom stereocenters. The summed E-state index contributed by atoms with van der Waals surface area (Å²) in [6, 6.07) is 1.81. The standard InChI is InChI=1S/C16H22N2O4S/c1-2-23(20,21)10-11-3-7-13(8-4-11)17-16(19)14-9-15(22-18-14)12-5-6-12/h2,9,11-13H,1,3-8,10H2,(H,17,19). The minimum Gasteiger partial charge on any atom is -0.360 e. The molecule has 0 spiro atoms.